The molecule has 0 spiro atoms. The van der Waals surface area contributed by atoms with Gasteiger partial charge in [0.25, 0.3) is 5.91 Å². The molecule has 3 aromatic rings. The second-order valence-corrected chi connectivity index (χ2v) is 6.04. The maximum atomic E-state index is 12.8. The van der Waals surface area contributed by atoms with Crippen LogP contribution < -0.4 is 10.6 Å². The van der Waals surface area contributed by atoms with Crippen LogP contribution in [0.4, 0.5) is 9.52 Å². The lowest BCUT2D eigenvalue weighted by Crippen LogP contribution is -2.27. The first kappa shape index (κ1) is 16.8. The van der Waals surface area contributed by atoms with Gasteiger partial charge in [0.15, 0.2) is 5.13 Å². The molecule has 2 heterocycles. The summed E-state index contributed by atoms with van der Waals surface area (Å²) in [6.07, 6.45) is 1.92. The lowest BCUT2D eigenvalue weighted by molar-refractivity contribution is -0.116. The van der Waals surface area contributed by atoms with Crippen LogP contribution in [0.5, 0.6) is 0 Å². The first-order chi connectivity index (χ1) is 12.1. The van der Waals surface area contributed by atoms with Crippen molar-refractivity contribution >= 4 is 28.3 Å². The topological polar surface area (TPSA) is 86.9 Å². The average Bonchev–Trinajstić information content (AvgIpc) is 3.26. The predicted molar refractivity (Wildman–Crippen MR) is 93.9 cm³/mol. The number of aromatic nitrogens is 2. The molecule has 8 heteroatoms. The molecule has 3 N–H and O–H groups in total. The highest BCUT2D eigenvalue weighted by Crippen LogP contribution is 2.23. The lowest BCUT2D eigenvalue weighted by atomic mass is 10.2. The quantitative estimate of drug-likeness (QED) is 0.633. The second kappa shape index (κ2) is 7.71. The number of amides is 2. The molecule has 2 amide bonds. The Morgan fingerprint density at radius 3 is 2.72 bits per heavy atom. The van der Waals surface area contributed by atoms with E-state index in [1.165, 1.54) is 35.6 Å². The van der Waals surface area contributed by atoms with Crippen molar-refractivity contribution in [2.24, 2.45) is 0 Å². The fraction of sp³-hybridized carbons (Fsp3) is 0.118. The Kier molecular flexibility index (Phi) is 5.20. The number of thiazole rings is 1. The normalized spacial score (nSPS) is 10.4. The third kappa shape index (κ3) is 4.51. The molecule has 0 bridgehead atoms. The Labute approximate surface area is 147 Å². The second-order valence-electron chi connectivity index (χ2n) is 5.18. The standard InChI is InChI=1S/C17H15FN4O2S/c18-12-5-3-11(4-6-12)16(24)20-9-7-15(23)22-17-21-14(10-25-17)13-2-1-8-19-13/h1-6,8,10,19H,7,9H2,(H,20,24)(H,21,22,23). The van der Waals surface area contributed by atoms with Crippen LogP contribution in [-0.4, -0.2) is 28.3 Å². The van der Waals surface area contributed by atoms with Gasteiger partial charge in [-0.25, -0.2) is 9.37 Å². The van der Waals surface area contributed by atoms with Crippen molar-refractivity contribution in [1.29, 1.82) is 0 Å². The van der Waals surface area contributed by atoms with Gasteiger partial charge in [0.1, 0.15) is 5.82 Å². The third-order valence-electron chi connectivity index (χ3n) is 3.37. The van der Waals surface area contributed by atoms with E-state index in [9.17, 15) is 14.0 Å². The van der Waals surface area contributed by atoms with E-state index < -0.39 is 5.82 Å². The number of rotatable bonds is 6. The summed E-state index contributed by atoms with van der Waals surface area (Å²) in [5.74, 6) is -0.999. The Morgan fingerprint density at radius 1 is 1.20 bits per heavy atom. The summed E-state index contributed by atoms with van der Waals surface area (Å²) in [6, 6.07) is 8.98. The van der Waals surface area contributed by atoms with Gasteiger partial charge in [-0.3, -0.25) is 9.59 Å². The minimum atomic E-state index is -0.405. The molecular formula is C17H15FN4O2S. The van der Waals surface area contributed by atoms with Gasteiger partial charge < -0.3 is 15.6 Å². The van der Waals surface area contributed by atoms with Crippen LogP contribution in [-0.2, 0) is 4.79 Å². The highest BCUT2D eigenvalue weighted by molar-refractivity contribution is 7.14. The summed E-state index contributed by atoms with van der Waals surface area (Å²) in [6.45, 7) is 0.177. The van der Waals surface area contributed by atoms with Gasteiger partial charge >= 0.3 is 0 Å². The van der Waals surface area contributed by atoms with E-state index in [1.807, 2.05) is 17.5 Å². The molecule has 2 aromatic heterocycles. The summed E-state index contributed by atoms with van der Waals surface area (Å²) in [4.78, 5) is 31.1. The van der Waals surface area contributed by atoms with Gasteiger partial charge in [-0.1, -0.05) is 0 Å². The van der Waals surface area contributed by atoms with Crippen LogP contribution in [0.3, 0.4) is 0 Å². The lowest BCUT2D eigenvalue weighted by Gasteiger charge is -2.05. The number of carbonyl (C=O) groups excluding carboxylic acids is 2. The van der Waals surface area contributed by atoms with Crippen molar-refractivity contribution in [3.05, 3.63) is 59.4 Å². The third-order valence-corrected chi connectivity index (χ3v) is 4.13. The molecule has 0 atom stereocenters. The number of carbonyl (C=O) groups is 2. The fourth-order valence-electron chi connectivity index (χ4n) is 2.12. The molecule has 0 unspecified atom stereocenters. The monoisotopic (exact) mass is 358 g/mol. The number of nitrogens with zero attached hydrogens (tertiary/aromatic N) is 1. The van der Waals surface area contributed by atoms with Crippen LogP contribution in [0.25, 0.3) is 11.4 Å². The highest BCUT2D eigenvalue weighted by atomic mass is 32.1. The zero-order valence-electron chi connectivity index (χ0n) is 13.1. The van der Waals surface area contributed by atoms with Crippen molar-refractivity contribution in [2.75, 3.05) is 11.9 Å². The van der Waals surface area contributed by atoms with E-state index in [-0.39, 0.29) is 24.8 Å². The molecule has 128 valence electrons. The van der Waals surface area contributed by atoms with Crippen LogP contribution in [0.2, 0.25) is 0 Å². The van der Waals surface area contributed by atoms with Gasteiger partial charge in [0.2, 0.25) is 5.91 Å². The molecule has 0 aliphatic carbocycles. The van der Waals surface area contributed by atoms with Gasteiger partial charge in [-0.05, 0) is 36.4 Å². The van der Waals surface area contributed by atoms with Crippen LogP contribution in [0.15, 0.2) is 48.0 Å². The van der Waals surface area contributed by atoms with E-state index in [0.29, 0.717) is 10.7 Å². The number of nitrogens with one attached hydrogen (secondary N) is 3. The van der Waals surface area contributed by atoms with E-state index in [2.05, 4.69) is 20.6 Å². The summed E-state index contributed by atoms with van der Waals surface area (Å²) in [7, 11) is 0. The van der Waals surface area contributed by atoms with Crippen molar-refractivity contribution < 1.29 is 14.0 Å². The molecule has 1 aromatic carbocycles. The van der Waals surface area contributed by atoms with Gasteiger partial charge in [-0.15, -0.1) is 11.3 Å². The van der Waals surface area contributed by atoms with E-state index in [0.717, 1.165) is 11.4 Å². The molecule has 25 heavy (non-hydrogen) atoms. The zero-order chi connectivity index (χ0) is 17.6. The molecule has 0 aliphatic rings. The molecule has 3 rings (SSSR count). The Morgan fingerprint density at radius 2 is 2.00 bits per heavy atom. The Balaban J connectivity index is 1.45. The first-order valence-corrected chi connectivity index (χ1v) is 8.43. The fourth-order valence-corrected chi connectivity index (χ4v) is 2.85. The molecule has 6 nitrogen and oxygen atoms in total. The summed E-state index contributed by atoms with van der Waals surface area (Å²) >= 11 is 1.33. The molecule has 0 radical (unpaired) electrons. The summed E-state index contributed by atoms with van der Waals surface area (Å²) in [5.41, 5.74) is 1.98. The maximum Gasteiger partial charge on any atom is 0.251 e. The minimum absolute atomic E-state index is 0.115. The van der Waals surface area contributed by atoms with Crippen LogP contribution >= 0.6 is 11.3 Å². The van der Waals surface area contributed by atoms with Crippen molar-refractivity contribution in [2.45, 2.75) is 6.42 Å². The summed E-state index contributed by atoms with van der Waals surface area (Å²) in [5, 5.41) is 7.66. The van der Waals surface area contributed by atoms with Crippen molar-refractivity contribution in [3.63, 3.8) is 0 Å². The average molecular weight is 358 g/mol. The van der Waals surface area contributed by atoms with E-state index in [4.69, 9.17) is 0 Å². The maximum absolute atomic E-state index is 12.8. The Hall–Kier alpha value is -3.00. The van der Waals surface area contributed by atoms with Gasteiger partial charge in [-0.2, -0.15) is 0 Å². The van der Waals surface area contributed by atoms with E-state index >= 15 is 0 Å². The first-order valence-electron chi connectivity index (χ1n) is 7.55. The molecule has 0 saturated heterocycles. The number of H-pyrrole nitrogens is 1. The largest absolute Gasteiger partial charge is 0.360 e. The predicted octanol–water partition coefficient (Wildman–Crippen LogP) is 3.04. The van der Waals surface area contributed by atoms with Gasteiger partial charge in [0, 0.05) is 30.1 Å². The van der Waals surface area contributed by atoms with Gasteiger partial charge in [0.05, 0.1) is 11.4 Å². The Bertz CT molecular complexity index is 859. The van der Waals surface area contributed by atoms with Crippen molar-refractivity contribution in [1.82, 2.24) is 15.3 Å². The zero-order valence-corrected chi connectivity index (χ0v) is 13.9. The molecular weight excluding hydrogens is 343 g/mol. The number of benzene rings is 1. The summed E-state index contributed by atoms with van der Waals surface area (Å²) < 4.78 is 12.8. The minimum Gasteiger partial charge on any atom is -0.360 e. The number of halogens is 1. The number of anilines is 1. The van der Waals surface area contributed by atoms with Crippen LogP contribution in [0.1, 0.15) is 16.8 Å². The SMILES string of the molecule is O=C(CCNC(=O)c1ccc(F)cc1)Nc1nc(-c2ccc[nH]2)cs1. The molecule has 0 saturated carbocycles. The number of hydrogen-bond acceptors (Lipinski definition) is 4. The van der Waals surface area contributed by atoms with Crippen LogP contribution in [0, 0.1) is 5.82 Å². The smallest absolute Gasteiger partial charge is 0.251 e. The van der Waals surface area contributed by atoms with Crippen molar-refractivity contribution in [3.8, 4) is 11.4 Å². The number of hydrogen-bond donors (Lipinski definition) is 3. The number of aromatic amines is 1. The highest BCUT2D eigenvalue weighted by Gasteiger charge is 2.10. The molecule has 0 aliphatic heterocycles. The molecule has 0 fully saturated rings. The van der Waals surface area contributed by atoms with E-state index in [1.54, 1.807) is 6.20 Å².